The van der Waals surface area contributed by atoms with E-state index in [1.165, 1.54) is 4.90 Å². The first-order valence-electron chi connectivity index (χ1n) is 4.02. The molecule has 0 spiro atoms. The normalized spacial score (nSPS) is 23.2. The van der Waals surface area contributed by atoms with Gasteiger partial charge in [0.15, 0.2) is 5.96 Å². The molecule has 13 heavy (non-hydrogen) atoms. The fraction of sp³-hybridized carbons (Fsp3) is 0.714. The molecule has 1 amide bonds. The van der Waals surface area contributed by atoms with Crippen LogP contribution in [0.5, 0.6) is 0 Å². The molecule has 0 radical (unpaired) electrons. The van der Waals surface area contributed by atoms with Gasteiger partial charge in [-0.15, -0.1) is 0 Å². The van der Waals surface area contributed by atoms with Crippen molar-refractivity contribution in [3.05, 3.63) is 0 Å². The number of nitrogens with zero attached hydrogens (tertiary/aromatic N) is 2. The number of guanidine groups is 1. The number of carbonyl (C=O) groups is 1. The summed E-state index contributed by atoms with van der Waals surface area (Å²) in [6.45, 7) is 1.41. The largest absolute Gasteiger partial charge is 0.383 e. The van der Waals surface area contributed by atoms with Crippen LogP contribution in [-0.4, -0.2) is 49.6 Å². The van der Waals surface area contributed by atoms with Crippen LogP contribution in [0.1, 0.15) is 0 Å². The minimum atomic E-state index is -0.406. The SMILES string of the molecule is COCCN=C(N)N1CC(N)C1=O. The average Bonchev–Trinajstić information content (AvgIpc) is 2.13. The van der Waals surface area contributed by atoms with Gasteiger partial charge in [-0.2, -0.15) is 0 Å². The Hall–Kier alpha value is -1.14. The molecule has 0 aromatic carbocycles. The topological polar surface area (TPSA) is 93.9 Å². The Bertz CT molecular complexity index is 229. The molecule has 0 aromatic heterocycles. The van der Waals surface area contributed by atoms with Crippen LogP contribution in [0.25, 0.3) is 0 Å². The van der Waals surface area contributed by atoms with Crippen LogP contribution in [0.3, 0.4) is 0 Å². The van der Waals surface area contributed by atoms with Gasteiger partial charge in [0.2, 0.25) is 5.91 Å². The Balaban J connectivity index is 2.35. The van der Waals surface area contributed by atoms with E-state index in [0.29, 0.717) is 19.7 Å². The van der Waals surface area contributed by atoms with Gasteiger partial charge in [-0.25, -0.2) is 0 Å². The highest BCUT2D eigenvalue weighted by atomic mass is 16.5. The summed E-state index contributed by atoms with van der Waals surface area (Å²) >= 11 is 0. The zero-order chi connectivity index (χ0) is 9.84. The molecule has 0 aromatic rings. The van der Waals surface area contributed by atoms with E-state index in [-0.39, 0.29) is 11.9 Å². The van der Waals surface area contributed by atoms with Crippen molar-refractivity contribution in [3.8, 4) is 0 Å². The molecule has 0 saturated carbocycles. The van der Waals surface area contributed by atoms with Crippen LogP contribution in [0.2, 0.25) is 0 Å². The predicted octanol–water partition coefficient (Wildman–Crippen LogP) is -1.88. The molecule has 1 rings (SSSR count). The monoisotopic (exact) mass is 186 g/mol. The maximum atomic E-state index is 11.0. The number of nitrogens with two attached hydrogens (primary N) is 2. The summed E-state index contributed by atoms with van der Waals surface area (Å²) < 4.78 is 4.78. The zero-order valence-electron chi connectivity index (χ0n) is 7.56. The van der Waals surface area contributed by atoms with Crippen molar-refractivity contribution in [2.24, 2.45) is 16.5 Å². The molecule has 1 saturated heterocycles. The van der Waals surface area contributed by atoms with Crippen molar-refractivity contribution >= 4 is 11.9 Å². The zero-order valence-corrected chi connectivity index (χ0v) is 7.56. The van der Waals surface area contributed by atoms with Crippen LogP contribution < -0.4 is 11.5 Å². The number of rotatable bonds is 3. The number of carbonyl (C=O) groups excluding carboxylic acids is 1. The minimum Gasteiger partial charge on any atom is -0.383 e. The highest BCUT2D eigenvalue weighted by Crippen LogP contribution is 2.06. The highest BCUT2D eigenvalue weighted by molar-refractivity contribution is 6.03. The molecule has 0 bridgehead atoms. The van der Waals surface area contributed by atoms with Crippen LogP contribution in [-0.2, 0) is 9.53 Å². The van der Waals surface area contributed by atoms with E-state index < -0.39 is 6.04 Å². The second-order valence-corrected chi connectivity index (χ2v) is 2.79. The van der Waals surface area contributed by atoms with Crippen molar-refractivity contribution in [3.63, 3.8) is 0 Å². The Morgan fingerprint density at radius 2 is 2.54 bits per heavy atom. The van der Waals surface area contributed by atoms with Crippen molar-refractivity contribution in [1.82, 2.24) is 4.90 Å². The lowest BCUT2D eigenvalue weighted by Gasteiger charge is -2.34. The first-order chi connectivity index (χ1) is 6.16. The van der Waals surface area contributed by atoms with Crippen LogP contribution in [0, 0.1) is 0 Å². The number of β-lactam (4-membered cyclic amide) rings is 1. The summed E-state index contributed by atoms with van der Waals surface area (Å²) in [6.07, 6.45) is 0. The van der Waals surface area contributed by atoms with E-state index in [9.17, 15) is 4.79 Å². The molecule has 1 heterocycles. The smallest absolute Gasteiger partial charge is 0.248 e. The number of aliphatic imine (C=N–C) groups is 1. The molecule has 1 atom stereocenters. The quantitative estimate of drug-likeness (QED) is 0.233. The van der Waals surface area contributed by atoms with Gasteiger partial charge in [-0.3, -0.25) is 14.7 Å². The Morgan fingerprint density at radius 1 is 1.85 bits per heavy atom. The number of likely N-dealkylation sites (tertiary alicyclic amines) is 1. The first kappa shape index (κ1) is 9.94. The average molecular weight is 186 g/mol. The number of amides is 1. The molecule has 1 fully saturated rings. The molecule has 74 valence electrons. The van der Waals surface area contributed by atoms with Gasteiger partial charge in [0.1, 0.15) is 6.04 Å². The third kappa shape index (κ3) is 2.16. The molecule has 1 aliphatic heterocycles. The molecule has 4 N–H and O–H groups in total. The van der Waals surface area contributed by atoms with Gasteiger partial charge >= 0.3 is 0 Å². The van der Waals surface area contributed by atoms with E-state index in [1.807, 2.05) is 0 Å². The van der Waals surface area contributed by atoms with Crippen LogP contribution in [0.15, 0.2) is 4.99 Å². The minimum absolute atomic E-state index is 0.168. The molecule has 0 aliphatic carbocycles. The van der Waals surface area contributed by atoms with E-state index in [4.69, 9.17) is 16.2 Å². The number of hydrogen-bond acceptors (Lipinski definition) is 4. The van der Waals surface area contributed by atoms with Gasteiger partial charge in [0, 0.05) is 7.11 Å². The van der Waals surface area contributed by atoms with E-state index in [0.717, 1.165) is 0 Å². The summed E-state index contributed by atoms with van der Waals surface area (Å²) in [6, 6.07) is -0.406. The second kappa shape index (κ2) is 4.20. The Morgan fingerprint density at radius 3 is 3.00 bits per heavy atom. The molecule has 6 heteroatoms. The van der Waals surface area contributed by atoms with Crippen molar-refractivity contribution in [2.45, 2.75) is 6.04 Å². The third-order valence-electron chi connectivity index (χ3n) is 1.81. The molecular formula is C7H14N4O2. The maximum absolute atomic E-state index is 11.0. The fourth-order valence-electron chi connectivity index (χ4n) is 0.996. The lowest BCUT2D eigenvalue weighted by atomic mass is 10.1. The summed E-state index contributed by atoms with van der Waals surface area (Å²) in [7, 11) is 1.58. The second-order valence-electron chi connectivity index (χ2n) is 2.79. The van der Waals surface area contributed by atoms with Crippen molar-refractivity contribution in [2.75, 3.05) is 26.8 Å². The summed E-state index contributed by atoms with van der Waals surface area (Å²) in [4.78, 5) is 16.3. The van der Waals surface area contributed by atoms with Gasteiger partial charge in [-0.1, -0.05) is 0 Å². The van der Waals surface area contributed by atoms with Crippen LogP contribution >= 0.6 is 0 Å². The number of methoxy groups -OCH3 is 1. The number of hydrogen-bond donors (Lipinski definition) is 2. The maximum Gasteiger partial charge on any atom is 0.248 e. The van der Waals surface area contributed by atoms with Crippen molar-refractivity contribution in [1.29, 1.82) is 0 Å². The molecule has 1 unspecified atom stereocenters. The molecule has 6 nitrogen and oxygen atoms in total. The standard InChI is InChI=1S/C7H14N4O2/c1-13-3-2-10-7(9)11-4-5(8)6(11)12/h5H,2-4,8H2,1H3,(H2,9,10). The van der Waals surface area contributed by atoms with Gasteiger partial charge in [0.25, 0.3) is 0 Å². The van der Waals surface area contributed by atoms with Crippen LogP contribution in [0.4, 0.5) is 0 Å². The van der Waals surface area contributed by atoms with E-state index >= 15 is 0 Å². The number of ether oxygens (including phenoxy) is 1. The van der Waals surface area contributed by atoms with Gasteiger partial charge in [0.05, 0.1) is 19.7 Å². The lowest BCUT2D eigenvalue weighted by Crippen LogP contribution is -2.64. The Labute approximate surface area is 76.5 Å². The summed E-state index contributed by atoms with van der Waals surface area (Å²) in [5.74, 6) is 0.0578. The summed E-state index contributed by atoms with van der Waals surface area (Å²) in [5, 5.41) is 0. The first-order valence-corrected chi connectivity index (χ1v) is 4.02. The lowest BCUT2D eigenvalue weighted by molar-refractivity contribution is -0.136. The van der Waals surface area contributed by atoms with Gasteiger partial charge in [-0.05, 0) is 0 Å². The predicted molar refractivity (Wildman–Crippen MR) is 48.1 cm³/mol. The van der Waals surface area contributed by atoms with E-state index in [2.05, 4.69) is 4.99 Å². The highest BCUT2D eigenvalue weighted by Gasteiger charge is 2.35. The summed E-state index contributed by atoms with van der Waals surface area (Å²) in [5.41, 5.74) is 10.9. The van der Waals surface area contributed by atoms with Gasteiger partial charge < -0.3 is 16.2 Å². The van der Waals surface area contributed by atoms with E-state index in [1.54, 1.807) is 7.11 Å². The van der Waals surface area contributed by atoms with Crippen molar-refractivity contribution < 1.29 is 9.53 Å². The molecular weight excluding hydrogens is 172 g/mol. The third-order valence-corrected chi connectivity index (χ3v) is 1.81. The molecule has 1 aliphatic rings. The fourth-order valence-corrected chi connectivity index (χ4v) is 0.996. The Kier molecular flexibility index (Phi) is 3.21.